The van der Waals surface area contributed by atoms with Crippen molar-refractivity contribution in [1.82, 2.24) is 4.98 Å². The second-order valence-electron chi connectivity index (χ2n) is 3.42. The first-order chi connectivity index (χ1) is 8.24. The second kappa shape index (κ2) is 5.45. The van der Waals surface area contributed by atoms with Crippen LogP contribution in [0.1, 0.15) is 11.9 Å². The van der Waals surface area contributed by atoms with Gasteiger partial charge in [-0.1, -0.05) is 0 Å². The normalized spacial score (nSPS) is 9.94. The maximum absolute atomic E-state index is 10.8. The van der Waals surface area contributed by atoms with Crippen molar-refractivity contribution >= 4 is 22.9 Å². The van der Waals surface area contributed by atoms with Crippen molar-refractivity contribution in [3.8, 4) is 5.75 Å². The van der Waals surface area contributed by atoms with Gasteiger partial charge in [-0.2, -0.15) is 0 Å². The van der Waals surface area contributed by atoms with E-state index in [0.29, 0.717) is 6.61 Å². The molecule has 0 fully saturated rings. The van der Waals surface area contributed by atoms with E-state index in [1.807, 2.05) is 17.5 Å². The number of nitrogens with one attached hydrogen (secondary N) is 1. The molecule has 0 aliphatic heterocycles. The van der Waals surface area contributed by atoms with Gasteiger partial charge in [-0.3, -0.25) is 4.79 Å². The van der Waals surface area contributed by atoms with Crippen LogP contribution in [0.3, 0.4) is 0 Å². The van der Waals surface area contributed by atoms with E-state index in [1.54, 1.807) is 29.7 Å². The molecule has 1 N–H and O–H groups in total. The van der Waals surface area contributed by atoms with Gasteiger partial charge in [0.05, 0.1) is 0 Å². The van der Waals surface area contributed by atoms with Gasteiger partial charge in [0.1, 0.15) is 17.4 Å². The minimum atomic E-state index is -0.0820. The predicted octanol–water partition coefficient (Wildman–Crippen LogP) is 2.68. The van der Waals surface area contributed by atoms with Gasteiger partial charge >= 0.3 is 0 Å². The Bertz CT molecular complexity index is 480. The van der Waals surface area contributed by atoms with Crippen LogP contribution in [0.2, 0.25) is 0 Å². The zero-order valence-electron chi connectivity index (χ0n) is 9.34. The number of hydrogen-bond acceptors (Lipinski definition) is 4. The number of rotatable bonds is 4. The average molecular weight is 248 g/mol. The molecule has 1 aromatic carbocycles. The summed E-state index contributed by atoms with van der Waals surface area (Å²) in [5, 5.41) is 5.55. The molecule has 0 saturated carbocycles. The molecule has 88 valence electrons. The highest BCUT2D eigenvalue weighted by Gasteiger charge is 1.99. The van der Waals surface area contributed by atoms with Crippen molar-refractivity contribution in [3.05, 3.63) is 40.8 Å². The molecule has 0 unspecified atom stereocenters. The van der Waals surface area contributed by atoms with Gasteiger partial charge in [0, 0.05) is 24.2 Å². The van der Waals surface area contributed by atoms with Crippen molar-refractivity contribution in [2.75, 3.05) is 5.32 Å². The maximum atomic E-state index is 10.8. The summed E-state index contributed by atoms with van der Waals surface area (Å²) in [6, 6.07) is 7.24. The molecule has 1 heterocycles. The third-order valence-electron chi connectivity index (χ3n) is 2.02. The first-order valence-electron chi connectivity index (χ1n) is 5.13. The van der Waals surface area contributed by atoms with Gasteiger partial charge in [-0.25, -0.2) is 4.98 Å². The van der Waals surface area contributed by atoms with Crippen molar-refractivity contribution in [3.63, 3.8) is 0 Å². The summed E-state index contributed by atoms with van der Waals surface area (Å²) in [5.74, 6) is 0.677. The van der Waals surface area contributed by atoms with E-state index in [1.165, 1.54) is 6.92 Å². The molecule has 4 nitrogen and oxygen atoms in total. The van der Waals surface area contributed by atoms with Crippen LogP contribution in [0.15, 0.2) is 35.8 Å². The lowest BCUT2D eigenvalue weighted by molar-refractivity contribution is -0.114. The molecule has 17 heavy (non-hydrogen) atoms. The second-order valence-corrected chi connectivity index (χ2v) is 4.40. The number of benzene rings is 1. The number of amides is 1. The Morgan fingerprint density at radius 1 is 1.41 bits per heavy atom. The van der Waals surface area contributed by atoms with E-state index in [9.17, 15) is 4.79 Å². The van der Waals surface area contributed by atoms with Crippen molar-refractivity contribution in [1.29, 1.82) is 0 Å². The SMILES string of the molecule is CC(=O)Nc1ccc(OCc2nccs2)cc1. The summed E-state index contributed by atoms with van der Waals surface area (Å²) in [6.07, 6.45) is 1.75. The lowest BCUT2D eigenvalue weighted by Crippen LogP contribution is -2.05. The van der Waals surface area contributed by atoms with Crippen LogP contribution < -0.4 is 10.1 Å². The van der Waals surface area contributed by atoms with Gasteiger partial charge < -0.3 is 10.1 Å². The van der Waals surface area contributed by atoms with Gasteiger partial charge in [0.25, 0.3) is 0 Å². The van der Waals surface area contributed by atoms with Gasteiger partial charge in [-0.15, -0.1) is 11.3 Å². The minimum Gasteiger partial charge on any atom is -0.486 e. The predicted molar refractivity (Wildman–Crippen MR) is 67.2 cm³/mol. The number of thiazole rings is 1. The summed E-state index contributed by atoms with van der Waals surface area (Å²) >= 11 is 1.56. The van der Waals surface area contributed by atoms with Crippen molar-refractivity contribution in [2.45, 2.75) is 13.5 Å². The number of aromatic nitrogens is 1. The molecular formula is C12H12N2O2S. The zero-order chi connectivity index (χ0) is 12.1. The number of nitrogens with zero attached hydrogens (tertiary/aromatic N) is 1. The fourth-order valence-corrected chi connectivity index (χ4v) is 1.83. The third kappa shape index (κ3) is 3.57. The van der Waals surface area contributed by atoms with Crippen molar-refractivity contribution < 1.29 is 9.53 Å². The summed E-state index contributed by atoms with van der Waals surface area (Å²) in [4.78, 5) is 15.0. The summed E-state index contributed by atoms with van der Waals surface area (Å²) in [7, 11) is 0. The number of carbonyl (C=O) groups excluding carboxylic acids is 1. The summed E-state index contributed by atoms with van der Waals surface area (Å²) in [5.41, 5.74) is 0.763. The Kier molecular flexibility index (Phi) is 3.72. The molecule has 1 amide bonds. The average Bonchev–Trinajstić information content (AvgIpc) is 2.80. The Balaban J connectivity index is 1.91. The molecule has 0 saturated heterocycles. The molecule has 2 aromatic rings. The first kappa shape index (κ1) is 11.6. The van der Waals surface area contributed by atoms with Crippen LogP contribution in [-0.2, 0) is 11.4 Å². The number of hydrogen-bond donors (Lipinski definition) is 1. The number of anilines is 1. The number of ether oxygens (including phenoxy) is 1. The highest BCUT2D eigenvalue weighted by molar-refractivity contribution is 7.09. The quantitative estimate of drug-likeness (QED) is 0.905. The molecule has 0 atom stereocenters. The Morgan fingerprint density at radius 2 is 2.18 bits per heavy atom. The fourth-order valence-electron chi connectivity index (χ4n) is 1.31. The van der Waals surface area contributed by atoms with E-state index in [0.717, 1.165) is 16.4 Å². The van der Waals surface area contributed by atoms with Gasteiger partial charge in [-0.05, 0) is 24.3 Å². The van der Waals surface area contributed by atoms with E-state index in [2.05, 4.69) is 10.3 Å². The Labute approximate surface area is 103 Å². The van der Waals surface area contributed by atoms with Crippen molar-refractivity contribution in [2.24, 2.45) is 0 Å². The Hall–Kier alpha value is -1.88. The van der Waals surface area contributed by atoms with E-state index in [-0.39, 0.29) is 5.91 Å². The largest absolute Gasteiger partial charge is 0.486 e. The molecular weight excluding hydrogens is 236 g/mol. The lowest BCUT2D eigenvalue weighted by atomic mass is 10.3. The topological polar surface area (TPSA) is 51.2 Å². The first-order valence-corrected chi connectivity index (χ1v) is 6.01. The fraction of sp³-hybridized carbons (Fsp3) is 0.167. The van der Waals surface area contributed by atoms with Crippen LogP contribution in [0.25, 0.3) is 0 Å². The molecule has 0 bridgehead atoms. The van der Waals surface area contributed by atoms with E-state index >= 15 is 0 Å². The van der Waals surface area contributed by atoms with E-state index in [4.69, 9.17) is 4.74 Å². The van der Waals surface area contributed by atoms with Crippen LogP contribution in [0, 0.1) is 0 Å². The molecule has 1 aromatic heterocycles. The minimum absolute atomic E-state index is 0.0820. The molecule has 0 spiro atoms. The summed E-state index contributed by atoms with van der Waals surface area (Å²) in [6.45, 7) is 1.95. The molecule has 5 heteroatoms. The van der Waals surface area contributed by atoms with Gasteiger partial charge in [0.15, 0.2) is 0 Å². The highest BCUT2D eigenvalue weighted by atomic mass is 32.1. The monoisotopic (exact) mass is 248 g/mol. The third-order valence-corrected chi connectivity index (χ3v) is 2.77. The van der Waals surface area contributed by atoms with E-state index < -0.39 is 0 Å². The summed E-state index contributed by atoms with van der Waals surface area (Å²) < 4.78 is 5.55. The van der Waals surface area contributed by atoms with Crippen LogP contribution in [-0.4, -0.2) is 10.9 Å². The van der Waals surface area contributed by atoms with Crippen LogP contribution in [0.5, 0.6) is 5.75 Å². The molecule has 0 radical (unpaired) electrons. The Morgan fingerprint density at radius 3 is 2.76 bits per heavy atom. The molecule has 0 aliphatic carbocycles. The smallest absolute Gasteiger partial charge is 0.221 e. The molecule has 2 rings (SSSR count). The number of carbonyl (C=O) groups is 1. The van der Waals surface area contributed by atoms with Crippen LogP contribution in [0.4, 0.5) is 5.69 Å². The standard InChI is InChI=1S/C12H12N2O2S/c1-9(15)14-10-2-4-11(5-3-10)16-8-12-13-6-7-17-12/h2-7H,8H2,1H3,(H,14,15). The highest BCUT2D eigenvalue weighted by Crippen LogP contribution is 2.17. The van der Waals surface area contributed by atoms with Gasteiger partial charge in [0.2, 0.25) is 5.91 Å². The lowest BCUT2D eigenvalue weighted by Gasteiger charge is -2.05. The zero-order valence-corrected chi connectivity index (χ0v) is 10.2. The maximum Gasteiger partial charge on any atom is 0.221 e. The molecule has 0 aliphatic rings. The van der Waals surface area contributed by atoms with Crippen LogP contribution >= 0.6 is 11.3 Å².